The summed E-state index contributed by atoms with van der Waals surface area (Å²) in [4.78, 5) is 12.0. The molecule has 0 radical (unpaired) electrons. The van der Waals surface area contributed by atoms with Crippen LogP contribution < -0.4 is 0 Å². The summed E-state index contributed by atoms with van der Waals surface area (Å²) in [5, 5.41) is 0. The first-order valence-electron chi connectivity index (χ1n) is 6.52. The van der Waals surface area contributed by atoms with Gasteiger partial charge in [0, 0.05) is 17.0 Å². The van der Waals surface area contributed by atoms with Gasteiger partial charge in [-0.15, -0.1) is 0 Å². The maximum atomic E-state index is 14.1. The molecule has 0 spiro atoms. The van der Waals surface area contributed by atoms with Crippen LogP contribution in [0.25, 0.3) is 11.1 Å². The lowest BCUT2D eigenvalue weighted by atomic mass is 9.95. The van der Waals surface area contributed by atoms with E-state index in [-0.39, 0.29) is 17.5 Å². The number of carbonyl (C=O) groups is 1. The summed E-state index contributed by atoms with van der Waals surface area (Å²) in [6, 6.07) is 14.1. The molecule has 2 rings (SSSR count). The zero-order valence-electron chi connectivity index (χ0n) is 11.2. The van der Waals surface area contributed by atoms with E-state index in [0.29, 0.717) is 11.1 Å². The third-order valence-electron chi connectivity index (χ3n) is 3.40. The lowest BCUT2D eigenvalue weighted by molar-refractivity contribution is 0.0927. The lowest BCUT2D eigenvalue weighted by Gasteiger charge is -2.09. The van der Waals surface area contributed by atoms with Crippen LogP contribution >= 0.6 is 0 Å². The Bertz CT molecular complexity index is 575. The molecule has 19 heavy (non-hydrogen) atoms. The number of carbonyl (C=O) groups excluding carboxylic acids is 1. The van der Waals surface area contributed by atoms with Crippen molar-refractivity contribution in [1.82, 2.24) is 0 Å². The second kappa shape index (κ2) is 5.79. The van der Waals surface area contributed by atoms with Crippen LogP contribution in [-0.4, -0.2) is 5.78 Å². The van der Waals surface area contributed by atoms with Gasteiger partial charge in [-0.3, -0.25) is 4.79 Å². The van der Waals surface area contributed by atoms with Crippen molar-refractivity contribution < 1.29 is 9.18 Å². The Morgan fingerprint density at radius 1 is 1.16 bits per heavy atom. The van der Waals surface area contributed by atoms with E-state index in [1.165, 1.54) is 6.07 Å². The van der Waals surface area contributed by atoms with Crippen molar-refractivity contribution in [1.29, 1.82) is 0 Å². The average Bonchev–Trinajstić information content (AvgIpc) is 2.46. The molecule has 0 fully saturated rings. The second-order valence-electron chi connectivity index (χ2n) is 4.73. The Morgan fingerprint density at radius 2 is 1.84 bits per heavy atom. The predicted molar refractivity (Wildman–Crippen MR) is 75.6 cm³/mol. The van der Waals surface area contributed by atoms with E-state index in [2.05, 4.69) is 0 Å². The molecule has 0 saturated carbocycles. The monoisotopic (exact) mass is 256 g/mol. The first-order valence-corrected chi connectivity index (χ1v) is 6.52. The fraction of sp³-hybridized carbons (Fsp3) is 0.235. The molecule has 0 aliphatic carbocycles. The van der Waals surface area contributed by atoms with E-state index < -0.39 is 0 Å². The van der Waals surface area contributed by atoms with Gasteiger partial charge in [-0.2, -0.15) is 0 Å². The summed E-state index contributed by atoms with van der Waals surface area (Å²) in [6.07, 6.45) is 0.765. The van der Waals surface area contributed by atoms with Crippen LogP contribution in [0, 0.1) is 11.7 Å². The number of hydrogen-bond donors (Lipinski definition) is 0. The highest BCUT2D eigenvalue weighted by Crippen LogP contribution is 2.24. The van der Waals surface area contributed by atoms with Gasteiger partial charge in [0.15, 0.2) is 5.78 Å². The minimum atomic E-state index is -0.347. The molecular formula is C17H17FO. The Kier molecular flexibility index (Phi) is 4.10. The largest absolute Gasteiger partial charge is 0.294 e. The summed E-state index contributed by atoms with van der Waals surface area (Å²) in [5.74, 6) is -0.414. The molecule has 1 atom stereocenters. The maximum absolute atomic E-state index is 14.1. The minimum Gasteiger partial charge on any atom is -0.294 e. The van der Waals surface area contributed by atoms with Gasteiger partial charge in [-0.1, -0.05) is 56.3 Å². The highest BCUT2D eigenvalue weighted by atomic mass is 19.1. The Morgan fingerprint density at radius 3 is 2.42 bits per heavy atom. The molecule has 2 aromatic carbocycles. The van der Waals surface area contributed by atoms with E-state index in [4.69, 9.17) is 0 Å². The van der Waals surface area contributed by atoms with Crippen molar-refractivity contribution >= 4 is 5.78 Å². The molecule has 0 N–H and O–H groups in total. The van der Waals surface area contributed by atoms with E-state index in [1.807, 2.05) is 44.2 Å². The van der Waals surface area contributed by atoms with Crippen LogP contribution in [0.1, 0.15) is 30.6 Å². The van der Waals surface area contributed by atoms with Crippen molar-refractivity contribution in [3.63, 3.8) is 0 Å². The van der Waals surface area contributed by atoms with Crippen LogP contribution in [0.2, 0.25) is 0 Å². The van der Waals surface area contributed by atoms with E-state index in [0.717, 1.165) is 12.0 Å². The van der Waals surface area contributed by atoms with Gasteiger partial charge >= 0.3 is 0 Å². The molecule has 0 aliphatic heterocycles. The highest BCUT2D eigenvalue weighted by molar-refractivity contribution is 5.98. The van der Waals surface area contributed by atoms with Crippen molar-refractivity contribution in [3.8, 4) is 11.1 Å². The maximum Gasteiger partial charge on any atom is 0.165 e. The van der Waals surface area contributed by atoms with Crippen LogP contribution in [-0.2, 0) is 0 Å². The van der Waals surface area contributed by atoms with Crippen LogP contribution in [0.5, 0.6) is 0 Å². The molecule has 0 aliphatic rings. The lowest BCUT2D eigenvalue weighted by Crippen LogP contribution is -2.10. The molecule has 0 saturated heterocycles. The standard InChI is InChI=1S/C17H17FO/c1-3-12(2)17(19)14-9-10-15(16(18)11-14)13-7-5-4-6-8-13/h4-12H,3H2,1-2H3. The molecule has 98 valence electrons. The second-order valence-corrected chi connectivity index (χ2v) is 4.73. The number of ketones is 1. The molecule has 2 heteroatoms. The smallest absolute Gasteiger partial charge is 0.165 e. The molecule has 0 bridgehead atoms. The zero-order chi connectivity index (χ0) is 13.8. The molecule has 0 aromatic heterocycles. The number of rotatable bonds is 4. The van der Waals surface area contributed by atoms with Gasteiger partial charge in [0.05, 0.1) is 0 Å². The topological polar surface area (TPSA) is 17.1 Å². The van der Waals surface area contributed by atoms with Gasteiger partial charge in [-0.25, -0.2) is 4.39 Å². The Balaban J connectivity index is 2.35. The Hall–Kier alpha value is -1.96. The third-order valence-corrected chi connectivity index (χ3v) is 3.40. The summed E-state index contributed by atoms with van der Waals surface area (Å²) in [5.41, 5.74) is 1.80. The van der Waals surface area contributed by atoms with E-state index >= 15 is 0 Å². The number of hydrogen-bond acceptors (Lipinski definition) is 1. The first kappa shape index (κ1) is 13.5. The quantitative estimate of drug-likeness (QED) is 0.723. The molecule has 0 amide bonds. The summed E-state index contributed by atoms with van der Waals surface area (Å²) < 4.78 is 14.1. The molecular weight excluding hydrogens is 239 g/mol. The average molecular weight is 256 g/mol. The zero-order valence-corrected chi connectivity index (χ0v) is 11.2. The van der Waals surface area contributed by atoms with Crippen molar-refractivity contribution in [2.75, 3.05) is 0 Å². The van der Waals surface area contributed by atoms with Gasteiger partial charge in [0.25, 0.3) is 0 Å². The van der Waals surface area contributed by atoms with Crippen LogP contribution in [0.4, 0.5) is 4.39 Å². The van der Waals surface area contributed by atoms with Gasteiger partial charge < -0.3 is 0 Å². The fourth-order valence-corrected chi connectivity index (χ4v) is 1.99. The summed E-state index contributed by atoms with van der Waals surface area (Å²) in [6.45, 7) is 3.82. The first-order chi connectivity index (χ1) is 9.13. The van der Waals surface area contributed by atoms with E-state index in [9.17, 15) is 9.18 Å². The van der Waals surface area contributed by atoms with Crippen LogP contribution in [0.15, 0.2) is 48.5 Å². The molecule has 1 nitrogen and oxygen atoms in total. The Labute approximate surface area is 113 Å². The fourth-order valence-electron chi connectivity index (χ4n) is 1.99. The summed E-state index contributed by atoms with van der Waals surface area (Å²) >= 11 is 0. The highest BCUT2D eigenvalue weighted by Gasteiger charge is 2.15. The normalized spacial score (nSPS) is 12.2. The van der Waals surface area contributed by atoms with Crippen LogP contribution in [0.3, 0.4) is 0 Å². The third kappa shape index (κ3) is 2.90. The van der Waals surface area contributed by atoms with Gasteiger partial charge in [0.2, 0.25) is 0 Å². The van der Waals surface area contributed by atoms with Crippen molar-refractivity contribution in [2.24, 2.45) is 5.92 Å². The van der Waals surface area contributed by atoms with Crippen molar-refractivity contribution in [2.45, 2.75) is 20.3 Å². The van der Waals surface area contributed by atoms with Crippen molar-refractivity contribution in [3.05, 3.63) is 59.9 Å². The minimum absolute atomic E-state index is 0.000937. The molecule has 0 heterocycles. The SMILES string of the molecule is CCC(C)C(=O)c1ccc(-c2ccccc2)c(F)c1. The van der Waals surface area contributed by atoms with Gasteiger partial charge in [0.1, 0.15) is 5.82 Å². The molecule has 2 aromatic rings. The van der Waals surface area contributed by atoms with E-state index in [1.54, 1.807) is 12.1 Å². The predicted octanol–water partition coefficient (Wildman–Crippen LogP) is 4.72. The number of benzene rings is 2. The number of Topliss-reactive ketones (excluding diaryl/α,β-unsaturated/α-hetero) is 1. The summed E-state index contributed by atoms with van der Waals surface area (Å²) in [7, 11) is 0. The molecule has 1 unspecified atom stereocenters. The number of halogens is 1. The van der Waals surface area contributed by atoms with Gasteiger partial charge in [-0.05, 0) is 18.1 Å².